The summed E-state index contributed by atoms with van der Waals surface area (Å²) in [5, 5.41) is 32.0. The van der Waals surface area contributed by atoms with Crippen molar-refractivity contribution in [2.45, 2.75) is 6.42 Å². The van der Waals surface area contributed by atoms with Gasteiger partial charge in [0, 0.05) is 5.56 Å². The zero-order chi connectivity index (χ0) is 14.8. The van der Waals surface area contributed by atoms with Gasteiger partial charge in [0.05, 0.1) is 6.42 Å². The average Bonchev–Trinajstić information content (AvgIpc) is 2.90. The standard InChI is InChI=1S/C15H12N2O4/c18-11-3-1-2-9(6-11)7-14-16-15(17-21-14)10-4-5-12(19)13(20)8-10/h1-6,8,18-20H,7H2. The van der Waals surface area contributed by atoms with E-state index in [1.807, 2.05) is 6.07 Å². The molecule has 0 aliphatic heterocycles. The van der Waals surface area contributed by atoms with Crippen molar-refractivity contribution in [1.29, 1.82) is 0 Å². The SMILES string of the molecule is Oc1cccc(Cc2nc(-c3ccc(O)c(O)c3)no2)c1. The minimum absolute atomic E-state index is 0.177. The van der Waals surface area contributed by atoms with Crippen LogP contribution >= 0.6 is 0 Å². The number of aromatic nitrogens is 2. The summed E-state index contributed by atoms with van der Waals surface area (Å²) in [6.07, 6.45) is 0.394. The molecule has 0 unspecified atom stereocenters. The van der Waals surface area contributed by atoms with Crippen molar-refractivity contribution < 1.29 is 19.8 Å². The molecule has 0 fully saturated rings. The maximum absolute atomic E-state index is 9.47. The first kappa shape index (κ1) is 13.0. The van der Waals surface area contributed by atoms with E-state index < -0.39 is 0 Å². The second-order valence-corrected chi connectivity index (χ2v) is 4.56. The van der Waals surface area contributed by atoms with E-state index in [0.29, 0.717) is 23.7 Å². The Morgan fingerprint density at radius 2 is 1.81 bits per heavy atom. The molecular formula is C15H12N2O4. The number of rotatable bonds is 3. The highest BCUT2D eigenvalue weighted by Crippen LogP contribution is 2.29. The fourth-order valence-electron chi connectivity index (χ4n) is 1.95. The van der Waals surface area contributed by atoms with Gasteiger partial charge in [-0.3, -0.25) is 0 Å². The Morgan fingerprint density at radius 1 is 0.952 bits per heavy atom. The maximum atomic E-state index is 9.47. The van der Waals surface area contributed by atoms with Gasteiger partial charge in [0.2, 0.25) is 11.7 Å². The molecule has 0 saturated carbocycles. The fraction of sp³-hybridized carbons (Fsp3) is 0.0667. The molecular weight excluding hydrogens is 272 g/mol. The molecule has 2 aromatic carbocycles. The molecule has 1 heterocycles. The highest BCUT2D eigenvalue weighted by atomic mass is 16.5. The summed E-state index contributed by atoms with van der Waals surface area (Å²) in [5.41, 5.74) is 1.38. The van der Waals surface area contributed by atoms with Crippen molar-refractivity contribution in [2.75, 3.05) is 0 Å². The highest BCUT2D eigenvalue weighted by Gasteiger charge is 2.11. The van der Waals surface area contributed by atoms with Gasteiger partial charge < -0.3 is 19.8 Å². The molecule has 3 aromatic rings. The van der Waals surface area contributed by atoms with Crippen LogP contribution in [-0.4, -0.2) is 25.5 Å². The van der Waals surface area contributed by atoms with Gasteiger partial charge in [0.25, 0.3) is 0 Å². The van der Waals surface area contributed by atoms with Gasteiger partial charge in [-0.2, -0.15) is 4.98 Å². The second-order valence-electron chi connectivity index (χ2n) is 4.56. The summed E-state index contributed by atoms with van der Waals surface area (Å²) in [7, 11) is 0. The molecule has 21 heavy (non-hydrogen) atoms. The smallest absolute Gasteiger partial charge is 0.231 e. The lowest BCUT2D eigenvalue weighted by atomic mass is 10.1. The van der Waals surface area contributed by atoms with Gasteiger partial charge in [0.15, 0.2) is 11.5 Å². The molecule has 1 aromatic heterocycles. The van der Waals surface area contributed by atoms with Crippen molar-refractivity contribution in [1.82, 2.24) is 10.1 Å². The van der Waals surface area contributed by atoms with Crippen LogP contribution in [0.5, 0.6) is 17.2 Å². The van der Waals surface area contributed by atoms with E-state index in [0.717, 1.165) is 5.56 Å². The Hall–Kier alpha value is -3.02. The van der Waals surface area contributed by atoms with Crippen molar-refractivity contribution in [2.24, 2.45) is 0 Å². The molecule has 0 amide bonds. The lowest BCUT2D eigenvalue weighted by Crippen LogP contribution is -1.88. The molecule has 106 valence electrons. The summed E-state index contributed by atoms with van der Waals surface area (Å²) in [6, 6.07) is 11.1. The van der Waals surface area contributed by atoms with E-state index in [2.05, 4.69) is 10.1 Å². The Kier molecular flexibility index (Phi) is 3.19. The van der Waals surface area contributed by atoms with Gasteiger partial charge in [-0.25, -0.2) is 0 Å². The number of aromatic hydroxyl groups is 3. The van der Waals surface area contributed by atoms with Gasteiger partial charge in [0.1, 0.15) is 5.75 Å². The molecule has 0 aliphatic carbocycles. The van der Waals surface area contributed by atoms with Crippen LogP contribution in [0.25, 0.3) is 11.4 Å². The van der Waals surface area contributed by atoms with Crippen molar-refractivity contribution in [3.8, 4) is 28.6 Å². The monoisotopic (exact) mass is 284 g/mol. The van der Waals surface area contributed by atoms with Gasteiger partial charge in [-0.1, -0.05) is 17.3 Å². The quantitative estimate of drug-likeness (QED) is 0.639. The number of phenols is 3. The van der Waals surface area contributed by atoms with E-state index in [1.165, 1.54) is 12.1 Å². The minimum atomic E-state index is -0.244. The largest absolute Gasteiger partial charge is 0.508 e. The van der Waals surface area contributed by atoms with Crippen LogP contribution in [0.1, 0.15) is 11.5 Å². The third-order valence-electron chi connectivity index (χ3n) is 2.97. The molecule has 0 saturated heterocycles. The van der Waals surface area contributed by atoms with Crippen molar-refractivity contribution >= 4 is 0 Å². The van der Waals surface area contributed by atoms with Gasteiger partial charge in [-0.15, -0.1) is 0 Å². The summed E-state index contributed by atoms with van der Waals surface area (Å²) in [4.78, 5) is 4.22. The normalized spacial score (nSPS) is 10.7. The zero-order valence-electron chi connectivity index (χ0n) is 10.9. The van der Waals surface area contributed by atoms with Crippen molar-refractivity contribution in [3.05, 3.63) is 53.9 Å². The van der Waals surface area contributed by atoms with E-state index >= 15 is 0 Å². The van der Waals surface area contributed by atoms with Crippen LogP contribution in [0, 0.1) is 0 Å². The van der Waals surface area contributed by atoms with E-state index in [1.54, 1.807) is 24.3 Å². The molecule has 3 rings (SSSR count). The molecule has 0 atom stereocenters. The van der Waals surface area contributed by atoms with Gasteiger partial charge in [-0.05, 0) is 35.9 Å². The molecule has 0 spiro atoms. The average molecular weight is 284 g/mol. The number of nitrogens with zero attached hydrogens (tertiary/aromatic N) is 2. The second kappa shape index (κ2) is 5.16. The first-order valence-electron chi connectivity index (χ1n) is 6.24. The highest BCUT2D eigenvalue weighted by molar-refractivity contribution is 5.59. The Labute approximate surface area is 119 Å². The lowest BCUT2D eigenvalue weighted by Gasteiger charge is -1.98. The van der Waals surface area contributed by atoms with Crippen LogP contribution in [-0.2, 0) is 6.42 Å². The number of benzene rings is 2. The van der Waals surface area contributed by atoms with Crippen LogP contribution < -0.4 is 0 Å². The summed E-state index contributed by atoms with van der Waals surface area (Å²) < 4.78 is 5.15. The lowest BCUT2D eigenvalue weighted by molar-refractivity contribution is 0.385. The van der Waals surface area contributed by atoms with Gasteiger partial charge >= 0.3 is 0 Å². The van der Waals surface area contributed by atoms with Crippen molar-refractivity contribution in [3.63, 3.8) is 0 Å². The predicted molar refractivity (Wildman–Crippen MR) is 74.0 cm³/mol. The number of phenolic OH excluding ortho intramolecular Hbond substituents is 3. The fourth-order valence-corrected chi connectivity index (χ4v) is 1.95. The molecule has 0 bridgehead atoms. The Morgan fingerprint density at radius 3 is 2.57 bits per heavy atom. The predicted octanol–water partition coefficient (Wildman–Crippen LogP) is 2.44. The first-order chi connectivity index (χ1) is 10.1. The maximum Gasteiger partial charge on any atom is 0.231 e. The van der Waals surface area contributed by atoms with E-state index in [-0.39, 0.29) is 17.2 Å². The molecule has 0 aliphatic rings. The van der Waals surface area contributed by atoms with Crippen LogP contribution in [0.15, 0.2) is 47.0 Å². The summed E-state index contributed by atoms with van der Waals surface area (Å²) in [6.45, 7) is 0. The van der Waals surface area contributed by atoms with Crippen LogP contribution in [0.4, 0.5) is 0 Å². The van der Waals surface area contributed by atoms with Crippen LogP contribution in [0.2, 0.25) is 0 Å². The summed E-state index contributed by atoms with van der Waals surface area (Å²) >= 11 is 0. The van der Waals surface area contributed by atoms with E-state index in [9.17, 15) is 15.3 Å². The molecule has 6 nitrogen and oxygen atoms in total. The summed E-state index contributed by atoms with van der Waals surface area (Å²) in [5.74, 6) is 0.438. The Bertz CT molecular complexity index is 783. The van der Waals surface area contributed by atoms with E-state index in [4.69, 9.17) is 4.52 Å². The Balaban J connectivity index is 1.84. The third-order valence-corrected chi connectivity index (χ3v) is 2.97. The molecule has 0 radical (unpaired) electrons. The van der Waals surface area contributed by atoms with Crippen LogP contribution in [0.3, 0.4) is 0 Å². The first-order valence-corrected chi connectivity index (χ1v) is 6.24. The topological polar surface area (TPSA) is 99.6 Å². The number of hydrogen-bond donors (Lipinski definition) is 3. The molecule has 6 heteroatoms. The third kappa shape index (κ3) is 2.79. The minimum Gasteiger partial charge on any atom is -0.508 e. The number of hydrogen-bond acceptors (Lipinski definition) is 6. The zero-order valence-corrected chi connectivity index (χ0v) is 10.9. The molecule has 3 N–H and O–H groups in total.